The van der Waals surface area contributed by atoms with Crippen LogP contribution in [0.3, 0.4) is 0 Å². The molecular formula is C12H11N3O3. The molecule has 2 aromatic heterocycles. The number of aromatic nitrogens is 3. The van der Waals surface area contributed by atoms with E-state index in [0.29, 0.717) is 5.69 Å². The van der Waals surface area contributed by atoms with E-state index in [-0.39, 0.29) is 17.7 Å². The average molecular weight is 245 g/mol. The van der Waals surface area contributed by atoms with Gasteiger partial charge in [0.05, 0.1) is 12.2 Å². The van der Waals surface area contributed by atoms with Crippen molar-refractivity contribution >= 4 is 5.97 Å². The summed E-state index contributed by atoms with van der Waals surface area (Å²) in [6.45, 7) is 1.90. The summed E-state index contributed by atoms with van der Waals surface area (Å²) < 4.78 is 1.47. The Morgan fingerprint density at radius 3 is 2.89 bits per heavy atom. The normalized spacial score (nSPS) is 10.3. The third-order valence-corrected chi connectivity index (χ3v) is 2.60. The van der Waals surface area contributed by atoms with Crippen molar-refractivity contribution in [2.24, 2.45) is 0 Å². The van der Waals surface area contributed by atoms with Gasteiger partial charge in [0.25, 0.3) is 5.56 Å². The maximum Gasteiger partial charge on any atom is 0.339 e. The Hall–Kier alpha value is -2.50. The molecule has 92 valence electrons. The lowest BCUT2D eigenvalue weighted by atomic mass is 10.2. The monoisotopic (exact) mass is 245 g/mol. The zero-order chi connectivity index (χ0) is 13.1. The van der Waals surface area contributed by atoms with Crippen LogP contribution in [0.1, 0.15) is 21.7 Å². The van der Waals surface area contributed by atoms with Crippen molar-refractivity contribution in [1.29, 1.82) is 0 Å². The lowest BCUT2D eigenvalue weighted by Crippen LogP contribution is -2.23. The van der Waals surface area contributed by atoms with Crippen LogP contribution in [0.25, 0.3) is 0 Å². The summed E-state index contributed by atoms with van der Waals surface area (Å²) in [6.07, 6.45) is 2.50. The van der Waals surface area contributed by atoms with E-state index in [4.69, 9.17) is 5.11 Å². The lowest BCUT2D eigenvalue weighted by Gasteiger charge is -2.09. The highest BCUT2D eigenvalue weighted by molar-refractivity contribution is 5.88. The first-order valence-electron chi connectivity index (χ1n) is 5.28. The first kappa shape index (κ1) is 12.0. The van der Waals surface area contributed by atoms with Crippen molar-refractivity contribution in [2.75, 3.05) is 0 Å². The summed E-state index contributed by atoms with van der Waals surface area (Å²) in [7, 11) is 0. The maximum atomic E-state index is 11.7. The highest BCUT2D eigenvalue weighted by Crippen LogP contribution is 2.06. The summed E-state index contributed by atoms with van der Waals surface area (Å²) in [5.41, 5.74) is 0.879. The Bertz CT molecular complexity index is 649. The Labute approximate surface area is 103 Å². The summed E-state index contributed by atoms with van der Waals surface area (Å²) in [6, 6.07) is 4.86. The van der Waals surface area contributed by atoms with E-state index in [1.807, 2.05) is 0 Å². The Morgan fingerprint density at radius 1 is 1.44 bits per heavy atom. The molecule has 0 saturated carbocycles. The van der Waals surface area contributed by atoms with Gasteiger partial charge in [0.2, 0.25) is 0 Å². The van der Waals surface area contributed by atoms with Crippen LogP contribution in [0, 0.1) is 6.92 Å². The number of hydrogen-bond acceptors (Lipinski definition) is 4. The number of pyridine rings is 1. The van der Waals surface area contributed by atoms with Gasteiger partial charge in [0, 0.05) is 18.0 Å². The molecule has 0 saturated heterocycles. The topological polar surface area (TPSA) is 85.1 Å². The van der Waals surface area contributed by atoms with Crippen molar-refractivity contribution in [3.8, 4) is 0 Å². The van der Waals surface area contributed by atoms with Gasteiger partial charge in [0.15, 0.2) is 0 Å². The fraction of sp³-hybridized carbons (Fsp3) is 0.167. The molecule has 0 aliphatic heterocycles. The summed E-state index contributed by atoms with van der Waals surface area (Å²) in [5, 5.41) is 9.01. The molecular weight excluding hydrogens is 234 g/mol. The average Bonchev–Trinajstić information content (AvgIpc) is 2.34. The van der Waals surface area contributed by atoms with Gasteiger partial charge in [-0.15, -0.1) is 0 Å². The quantitative estimate of drug-likeness (QED) is 0.860. The van der Waals surface area contributed by atoms with E-state index < -0.39 is 5.97 Å². The fourth-order valence-electron chi connectivity index (χ4n) is 1.64. The van der Waals surface area contributed by atoms with Crippen molar-refractivity contribution in [3.63, 3.8) is 0 Å². The minimum absolute atomic E-state index is 0.00709. The number of carbonyl (C=O) groups is 1. The molecule has 18 heavy (non-hydrogen) atoms. The van der Waals surface area contributed by atoms with Gasteiger partial charge in [0.1, 0.15) is 11.9 Å². The van der Waals surface area contributed by atoms with Gasteiger partial charge < -0.3 is 9.67 Å². The van der Waals surface area contributed by atoms with E-state index in [1.54, 1.807) is 19.1 Å². The standard InChI is InChI=1S/C12H11N3O3/c1-8-3-2-4-11(16)15(8)6-10-9(12(17)18)5-13-7-14-10/h2-5,7H,6H2,1H3,(H,17,18). The number of rotatable bonds is 3. The molecule has 6 heteroatoms. The number of nitrogens with zero attached hydrogens (tertiary/aromatic N) is 3. The molecule has 0 aliphatic rings. The summed E-state index contributed by atoms with van der Waals surface area (Å²) >= 11 is 0. The molecule has 2 heterocycles. The molecule has 0 atom stereocenters. The van der Waals surface area contributed by atoms with Gasteiger partial charge in [-0.2, -0.15) is 0 Å². The minimum atomic E-state index is -1.10. The fourth-order valence-corrected chi connectivity index (χ4v) is 1.64. The predicted molar refractivity (Wildman–Crippen MR) is 63.5 cm³/mol. The van der Waals surface area contributed by atoms with Gasteiger partial charge in [-0.25, -0.2) is 14.8 Å². The van der Waals surface area contributed by atoms with Crippen LogP contribution >= 0.6 is 0 Å². The van der Waals surface area contributed by atoms with Gasteiger partial charge in [-0.1, -0.05) is 6.07 Å². The van der Waals surface area contributed by atoms with E-state index in [9.17, 15) is 9.59 Å². The minimum Gasteiger partial charge on any atom is -0.478 e. The summed E-state index contributed by atoms with van der Waals surface area (Å²) in [4.78, 5) is 30.3. The molecule has 2 rings (SSSR count). The van der Waals surface area contributed by atoms with Crippen molar-refractivity contribution in [3.05, 3.63) is 58.0 Å². The number of aromatic carboxylic acids is 1. The zero-order valence-corrected chi connectivity index (χ0v) is 9.70. The zero-order valence-electron chi connectivity index (χ0n) is 9.70. The van der Waals surface area contributed by atoms with E-state index in [0.717, 1.165) is 5.69 Å². The number of carboxylic acids is 1. The molecule has 2 aromatic rings. The first-order valence-corrected chi connectivity index (χ1v) is 5.28. The van der Waals surface area contributed by atoms with Crippen molar-refractivity contribution < 1.29 is 9.90 Å². The molecule has 0 spiro atoms. The van der Waals surface area contributed by atoms with Gasteiger partial charge in [-0.05, 0) is 13.0 Å². The smallest absolute Gasteiger partial charge is 0.339 e. The second-order valence-corrected chi connectivity index (χ2v) is 3.78. The molecule has 0 fully saturated rings. The molecule has 0 bridgehead atoms. The maximum absolute atomic E-state index is 11.7. The summed E-state index contributed by atoms with van der Waals surface area (Å²) in [5.74, 6) is -1.10. The van der Waals surface area contributed by atoms with Crippen LogP contribution in [-0.4, -0.2) is 25.6 Å². The van der Waals surface area contributed by atoms with Crippen LogP contribution in [-0.2, 0) is 6.54 Å². The number of carboxylic acid groups (broad SMARTS) is 1. The molecule has 0 aromatic carbocycles. The van der Waals surface area contributed by atoms with E-state index in [1.165, 1.54) is 23.2 Å². The first-order chi connectivity index (χ1) is 8.59. The van der Waals surface area contributed by atoms with E-state index >= 15 is 0 Å². The van der Waals surface area contributed by atoms with Crippen LogP contribution in [0.15, 0.2) is 35.5 Å². The largest absolute Gasteiger partial charge is 0.478 e. The van der Waals surface area contributed by atoms with Gasteiger partial charge >= 0.3 is 5.97 Å². The van der Waals surface area contributed by atoms with Crippen LogP contribution in [0.5, 0.6) is 0 Å². The molecule has 1 N–H and O–H groups in total. The second-order valence-electron chi connectivity index (χ2n) is 3.78. The number of hydrogen-bond donors (Lipinski definition) is 1. The lowest BCUT2D eigenvalue weighted by molar-refractivity contribution is 0.0694. The molecule has 0 aliphatic carbocycles. The van der Waals surface area contributed by atoms with Crippen molar-refractivity contribution in [1.82, 2.24) is 14.5 Å². The third-order valence-electron chi connectivity index (χ3n) is 2.60. The Morgan fingerprint density at radius 2 is 2.22 bits per heavy atom. The highest BCUT2D eigenvalue weighted by Gasteiger charge is 2.12. The SMILES string of the molecule is Cc1cccc(=O)n1Cc1ncncc1C(=O)O. The van der Waals surface area contributed by atoms with Crippen LogP contribution in [0.4, 0.5) is 0 Å². The number of aryl methyl sites for hydroxylation is 1. The molecule has 0 unspecified atom stereocenters. The highest BCUT2D eigenvalue weighted by atomic mass is 16.4. The van der Waals surface area contributed by atoms with Crippen LogP contribution in [0.2, 0.25) is 0 Å². The van der Waals surface area contributed by atoms with Gasteiger partial charge in [-0.3, -0.25) is 4.79 Å². The Kier molecular flexibility index (Phi) is 3.18. The molecule has 6 nitrogen and oxygen atoms in total. The molecule has 0 amide bonds. The van der Waals surface area contributed by atoms with E-state index in [2.05, 4.69) is 9.97 Å². The Balaban J connectivity index is 2.47. The molecule has 0 radical (unpaired) electrons. The predicted octanol–water partition coefficient (Wildman–Crippen LogP) is 0.693. The van der Waals surface area contributed by atoms with Crippen molar-refractivity contribution in [2.45, 2.75) is 13.5 Å². The third kappa shape index (κ3) is 2.27. The second kappa shape index (κ2) is 4.79. The van der Waals surface area contributed by atoms with Crippen LogP contribution < -0.4 is 5.56 Å².